The zero-order chi connectivity index (χ0) is 20.1. The molecule has 0 aliphatic heterocycles. The van der Waals surface area contributed by atoms with Crippen molar-refractivity contribution in [2.75, 3.05) is 17.1 Å². The Labute approximate surface area is 162 Å². The zero-order valence-corrected chi connectivity index (χ0v) is 15.7. The molecular formula is C20H17FN2O4S. The van der Waals surface area contributed by atoms with E-state index < -0.39 is 15.8 Å². The molecule has 6 nitrogen and oxygen atoms in total. The minimum atomic E-state index is -3.86. The summed E-state index contributed by atoms with van der Waals surface area (Å²) in [4.78, 5) is 12.3. The van der Waals surface area contributed by atoms with Crippen molar-refractivity contribution in [2.45, 2.75) is 4.90 Å². The lowest BCUT2D eigenvalue weighted by atomic mass is 10.2. The Morgan fingerprint density at radius 2 is 1.61 bits per heavy atom. The van der Waals surface area contributed by atoms with Crippen molar-refractivity contribution >= 4 is 27.3 Å². The summed E-state index contributed by atoms with van der Waals surface area (Å²) in [5.41, 5.74) is 1.09. The molecule has 0 heterocycles. The molecular weight excluding hydrogens is 383 g/mol. The molecule has 3 rings (SSSR count). The number of benzene rings is 3. The quantitative estimate of drug-likeness (QED) is 0.658. The maximum atomic E-state index is 12.9. The highest BCUT2D eigenvalue weighted by atomic mass is 32.2. The lowest BCUT2D eigenvalue weighted by molar-refractivity contribution is 0.102. The molecule has 0 fully saturated rings. The van der Waals surface area contributed by atoms with Gasteiger partial charge in [0, 0.05) is 23.0 Å². The van der Waals surface area contributed by atoms with Gasteiger partial charge in [-0.2, -0.15) is 0 Å². The third kappa shape index (κ3) is 4.66. The van der Waals surface area contributed by atoms with E-state index in [0.29, 0.717) is 17.0 Å². The molecule has 0 bridgehead atoms. The van der Waals surface area contributed by atoms with Crippen LogP contribution in [0.1, 0.15) is 10.4 Å². The van der Waals surface area contributed by atoms with E-state index in [1.54, 1.807) is 24.3 Å². The van der Waals surface area contributed by atoms with Crippen LogP contribution in [0.3, 0.4) is 0 Å². The zero-order valence-electron chi connectivity index (χ0n) is 14.8. The van der Waals surface area contributed by atoms with Gasteiger partial charge in [-0.05, 0) is 60.7 Å². The van der Waals surface area contributed by atoms with E-state index in [1.807, 2.05) is 0 Å². The van der Waals surface area contributed by atoms with Crippen LogP contribution in [-0.4, -0.2) is 21.4 Å². The first-order chi connectivity index (χ1) is 13.4. The van der Waals surface area contributed by atoms with Crippen LogP contribution in [0.2, 0.25) is 0 Å². The van der Waals surface area contributed by atoms with Crippen LogP contribution in [0.15, 0.2) is 77.7 Å². The summed E-state index contributed by atoms with van der Waals surface area (Å²) in [6, 6.07) is 17.3. The van der Waals surface area contributed by atoms with E-state index in [4.69, 9.17) is 4.74 Å². The van der Waals surface area contributed by atoms with Crippen molar-refractivity contribution in [2.24, 2.45) is 0 Å². The van der Waals surface area contributed by atoms with Gasteiger partial charge in [0.15, 0.2) is 0 Å². The Morgan fingerprint density at radius 1 is 0.929 bits per heavy atom. The Bertz CT molecular complexity index is 1080. The molecule has 0 unspecified atom stereocenters. The maximum absolute atomic E-state index is 12.9. The number of halogens is 1. The first-order valence-electron chi connectivity index (χ1n) is 8.21. The Kier molecular flexibility index (Phi) is 5.60. The fourth-order valence-electron chi connectivity index (χ4n) is 2.42. The molecule has 0 aliphatic rings. The van der Waals surface area contributed by atoms with E-state index in [0.717, 1.165) is 12.1 Å². The molecule has 0 radical (unpaired) electrons. The highest BCUT2D eigenvalue weighted by Crippen LogP contribution is 2.19. The average molecular weight is 400 g/mol. The van der Waals surface area contributed by atoms with E-state index in [9.17, 15) is 17.6 Å². The highest BCUT2D eigenvalue weighted by Gasteiger charge is 2.15. The van der Waals surface area contributed by atoms with E-state index in [1.165, 1.54) is 43.5 Å². The van der Waals surface area contributed by atoms with Crippen molar-refractivity contribution in [1.82, 2.24) is 0 Å². The summed E-state index contributed by atoms with van der Waals surface area (Å²) in [6.07, 6.45) is 0. The van der Waals surface area contributed by atoms with Gasteiger partial charge >= 0.3 is 0 Å². The van der Waals surface area contributed by atoms with Gasteiger partial charge in [-0.3, -0.25) is 9.52 Å². The molecule has 3 aromatic carbocycles. The van der Waals surface area contributed by atoms with Gasteiger partial charge in [0.25, 0.3) is 15.9 Å². The van der Waals surface area contributed by atoms with Crippen LogP contribution in [0.25, 0.3) is 0 Å². The monoisotopic (exact) mass is 400 g/mol. The van der Waals surface area contributed by atoms with Crippen LogP contribution < -0.4 is 14.8 Å². The van der Waals surface area contributed by atoms with Crippen molar-refractivity contribution in [3.63, 3.8) is 0 Å². The maximum Gasteiger partial charge on any atom is 0.261 e. The Balaban J connectivity index is 1.72. The van der Waals surface area contributed by atoms with E-state index in [-0.39, 0.29) is 16.5 Å². The third-order valence-electron chi connectivity index (χ3n) is 3.85. The summed E-state index contributed by atoms with van der Waals surface area (Å²) in [5, 5.41) is 2.72. The van der Waals surface area contributed by atoms with E-state index >= 15 is 0 Å². The topological polar surface area (TPSA) is 84.5 Å². The van der Waals surface area contributed by atoms with Gasteiger partial charge in [-0.25, -0.2) is 12.8 Å². The minimum Gasteiger partial charge on any atom is -0.497 e. The molecule has 0 spiro atoms. The van der Waals surface area contributed by atoms with Crippen LogP contribution in [0.4, 0.5) is 15.8 Å². The number of nitrogens with one attached hydrogen (secondary N) is 2. The number of carbonyl (C=O) groups is 1. The van der Waals surface area contributed by atoms with E-state index in [2.05, 4.69) is 10.0 Å². The summed E-state index contributed by atoms with van der Waals surface area (Å²) in [7, 11) is -2.33. The summed E-state index contributed by atoms with van der Waals surface area (Å²) in [6.45, 7) is 0. The lowest BCUT2D eigenvalue weighted by Crippen LogP contribution is -2.14. The van der Waals surface area contributed by atoms with Gasteiger partial charge in [0.2, 0.25) is 0 Å². The second kappa shape index (κ2) is 8.10. The number of methoxy groups -OCH3 is 1. The molecule has 2 N–H and O–H groups in total. The number of hydrogen-bond donors (Lipinski definition) is 2. The van der Waals surface area contributed by atoms with Crippen molar-refractivity contribution < 1.29 is 22.3 Å². The van der Waals surface area contributed by atoms with Crippen LogP contribution in [0, 0.1) is 5.82 Å². The second-order valence-electron chi connectivity index (χ2n) is 5.82. The highest BCUT2D eigenvalue weighted by molar-refractivity contribution is 7.92. The molecule has 0 aromatic heterocycles. The summed E-state index contributed by atoms with van der Waals surface area (Å²) >= 11 is 0. The number of ether oxygens (including phenoxy) is 1. The number of rotatable bonds is 6. The minimum absolute atomic E-state index is 0.0187. The van der Waals surface area contributed by atoms with Gasteiger partial charge < -0.3 is 10.1 Å². The largest absolute Gasteiger partial charge is 0.497 e. The molecule has 144 valence electrons. The molecule has 0 saturated carbocycles. The number of amides is 1. The number of hydrogen-bond acceptors (Lipinski definition) is 4. The molecule has 1 amide bonds. The van der Waals surface area contributed by atoms with Gasteiger partial charge in [-0.15, -0.1) is 0 Å². The molecule has 0 aliphatic carbocycles. The molecule has 8 heteroatoms. The van der Waals surface area contributed by atoms with Gasteiger partial charge in [0.05, 0.1) is 12.0 Å². The lowest BCUT2D eigenvalue weighted by Gasteiger charge is -2.10. The summed E-state index contributed by atoms with van der Waals surface area (Å²) < 4.78 is 45.2. The van der Waals surface area contributed by atoms with Crippen LogP contribution in [0.5, 0.6) is 5.75 Å². The first kappa shape index (κ1) is 19.4. The van der Waals surface area contributed by atoms with Crippen LogP contribution >= 0.6 is 0 Å². The summed E-state index contributed by atoms with van der Waals surface area (Å²) in [5.74, 6) is -0.246. The Morgan fingerprint density at radius 3 is 2.25 bits per heavy atom. The third-order valence-corrected chi connectivity index (χ3v) is 5.25. The first-order valence-corrected chi connectivity index (χ1v) is 9.69. The van der Waals surface area contributed by atoms with Crippen molar-refractivity contribution in [3.05, 3.63) is 84.2 Å². The fourth-order valence-corrected chi connectivity index (χ4v) is 3.48. The number of carbonyl (C=O) groups excluding carboxylic acids is 1. The molecule has 3 aromatic rings. The van der Waals surface area contributed by atoms with Crippen LogP contribution in [-0.2, 0) is 10.0 Å². The number of anilines is 2. The molecule has 0 saturated heterocycles. The smallest absolute Gasteiger partial charge is 0.261 e. The average Bonchev–Trinajstić information content (AvgIpc) is 2.70. The molecule has 28 heavy (non-hydrogen) atoms. The SMILES string of the molecule is COc1cccc(NC(=O)c2ccc(S(=O)(=O)Nc3ccc(F)cc3)cc2)c1. The molecule has 0 atom stereocenters. The van der Waals surface area contributed by atoms with Gasteiger partial charge in [-0.1, -0.05) is 6.07 Å². The predicted molar refractivity (Wildman–Crippen MR) is 105 cm³/mol. The normalized spacial score (nSPS) is 10.9. The fraction of sp³-hybridized carbons (Fsp3) is 0.0500. The predicted octanol–water partition coefficient (Wildman–Crippen LogP) is 3.89. The van der Waals surface area contributed by atoms with Crippen molar-refractivity contribution in [1.29, 1.82) is 0 Å². The van der Waals surface area contributed by atoms with Crippen molar-refractivity contribution in [3.8, 4) is 5.75 Å². The Hall–Kier alpha value is -3.39. The van der Waals surface area contributed by atoms with Gasteiger partial charge in [0.1, 0.15) is 11.6 Å². The number of sulfonamides is 1. The standard InChI is InChI=1S/C20H17FN2O4S/c1-27-18-4-2-3-17(13-18)22-20(24)14-5-11-19(12-6-14)28(25,26)23-16-9-7-15(21)8-10-16/h2-13,23H,1H3,(H,22,24). The second-order valence-corrected chi connectivity index (χ2v) is 7.51.